The Morgan fingerprint density at radius 2 is 2.04 bits per heavy atom. The van der Waals surface area contributed by atoms with E-state index in [2.05, 4.69) is 4.98 Å². The zero-order valence-corrected chi connectivity index (χ0v) is 14.8. The van der Waals surface area contributed by atoms with Crippen LogP contribution in [-0.4, -0.2) is 24.3 Å². The van der Waals surface area contributed by atoms with Crippen LogP contribution in [0.15, 0.2) is 52.5 Å². The minimum absolute atomic E-state index is 0.302. The second kappa shape index (κ2) is 7.06. The molecule has 3 aromatic rings. The number of aromatic nitrogens is 1. The molecular formula is C16H14ClNO4S2. The summed E-state index contributed by atoms with van der Waals surface area (Å²) in [4.78, 5) is 5.02. The van der Waals surface area contributed by atoms with Crippen molar-refractivity contribution in [3.63, 3.8) is 0 Å². The Kier molecular flexibility index (Phi) is 5.05. The van der Waals surface area contributed by atoms with Crippen molar-refractivity contribution >= 4 is 32.8 Å². The van der Waals surface area contributed by atoms with Crippen LogP contribution in [0.5, 0.6) is 0 Å². The molecule has 0 radical (unpaired) electrons. The van der Waals surface area contributed by atoms with Gasteiger partial charge in [0.15, 0.2) is 9.84 Å². The molecule has 1 N–H and O–H groups in total. The lowest BCUT2D eigenvalue weighted by molar-refractivity contribution is 0.201. The molecule has 0 bridgehead atoms. The van der Waals surface area contributed by atoms with Crippen LogP contribution in [0.1, 0.15) is 17.4 Å². The largest absolute Gasteiger partial charge is 0.444 e. The fourth-order valence-corrected chi connectivity index (χ4v) is 4.53. The van der Waals surface area contributed by atoms with Gasteiger partial charge in [0.1, 0.15) is 6.26 Å². The standard InChI is InChI=1S/C16H14ClNO4S2/c17-13-5-2-1-4-12(13)14(19)10-24(20,21)9-11-8-22-16(18-11)15-6-3-7-23-15/h1-8,14,19H,9-10H2. The number of aliphatic hydroxyl groups is 1. The van der Waals surface area contributed by atoms with Gasteiger partial charge in [0, 0.05) is 10.6 Å². The molecule has 0 saturated heterocycles. The maximum atomic E-state index is 12.3. The van der Waals surface area contributed by atoms with Crippen molar-refractivity contribution in [2.45, 2.75) is 11.9 Å². The Bertz CT molecular complexity index is 919. The van der Waals surface area contributed by atoms with Crippen LogP contribution < -0.4 is 0 Å². The molecule has 24 heavy (non-hydrogen) atoms. The fourth-order valence-electron chi connectivity index (χ4n) is 2.25. The summed E-state index contributed by atoms with van der Waals surface area (Å²) in [5.74, 6) is -0.344. The summed E-state index contributed by atoms with van der Waals surface area (Å²) in [6.45, 7) is 0. The predicted octanol–water partition coefficient (Wildman–Crippen LogP) is 3.70. The van der Waals surface area contributed by atoms with E-state index in [-0.39, 0.29) is 5.75 Å². The fraction of sp³-hybridized carbons (Fsp3) is 0.188. The third kappa shape index (κ3) is 4.05. The Morgan fingerprint density at radius 1 is 1.25 bits per heavy atom. The Balaban J connectivity index is 1.71. The quantitative estimate of drug-likeness (QED) is 0.701. The highest BCUT2D eigenvalue weighted by Gasteiger charge is 2.22. The van der Waals surface area contributed by atoms with Crippen LogP contribution in [0.25, 0.3) is 10.8 Å². The number of nitrogens with zero attached hydrogens (tertiary/aromatic N) is 1. The first kappa shape index (κ1) is 17.2. The molecule has 0 aliphatic carbocycles. The van der Waals surface area contributed by atoms with E-state index in [0.717, 1.165) is 4.88 Å². The van der Waals surface area contributed by atoms with Gasteiger partial charge in [0.05, 0.1) is 28.2 Å². The molecule has 8 heteroatoms. The Hall–Kier alpha value is -1.67. The Morgan fingerprint density at radius 3 is 2.75 bits per heavy atom. The van der Waals surface area contributed by atoms with Gasteiger partial charge in [-0.05, 0) is 17.5 Å². The lowest BCUT2D eigenvalue weighted by Gasteiger charge is -2.12. The van der Waals surface area contributed by atoms with Gasteiger partial charge in [0.2, 0.25) is 5.89 Å². The number of hydrogen-bond acceptors (Lipinski definition) is 6. The van der Waals surface area contributed by atoms with Crippen molar-refractivity contribution in [3.05, 3.63) is 64.3 Å². The first-order valence-electron chi connectivity index (χ1n) is 7.06. The van der Waals surface area contributed by atoms with Crippen LogP contribution in [0, 0.1) is 0 Å². The lowest BCUT2D eigenvalue weighted by atomic mass is 10.1. The molecule has 5 nitrogen and oxygen atoms in total. The Labute approximate surface area is 148 Å². The number of aliphatic hydroxyl groups excluding tert-OH is 1. The van der Waals surface area contributed by atoms with E-state index in [9.17, 15) is 13.5 Å². The number of halogens is 1. The van der Waals surface area contributed by atoms with Crippen molar-refractivity contribution in [3.8, 4) is 10.8 Å². The minimum Gasteiger partial charge on any atom is -0.444 e. The number of sulfone groups is 1. The summed E-state index contributed by atoms with van der Waals surface area (Å²) in [6.07, 6.45) is 0.140. The van der Waals surface area contributed by atoms with E-state index in [0.29, 0.717) is 22.2 Å². The first-order chi connectivity index (χ1) is 11.4. The smallest absolute Gasteiger partial charge is 0.236 e. The molecule has 0 fully saturated rings. The third-order valence-corrected chi connectivity index (χ3v) is 6.09. The van der Waals surface area contributed by atoms with E-state index >= 15 is 0 Å². The molecule has 2 heterocycles. The highest BCUT2D eigenvalue weighted by atomic mass is 35.5. The van der Waals surface area contributed by atoms with Crippen molar-refractivity contribution in [2.24, 2.45) is 0 Å². The molecule has 0 aliphatic rings. The molecule has 0 spiro atoms. The van der Waals surface area contributed by atoms with Gasteiger partial charge in [0.25, 0.3) is 0 Å². The molecule has 126 valence electrons. The van der Waals surface area contributed by atoms with Gasteiger partial charge in [-0.1, -0.05) is 35.9 Å². The molecule has 0 amide bonds. The summed E-state index contributed by atoms with van der Waals surface area (Å²) in [5, 5.41) is 12.4. The highest BCUT2D eigenvalue weighted by Crippen LogP contribution is 2.26. The van der Waals surface area contributed by atoms with Gasteiger partial charge >= 0.3 is 0 Å². The predicted molar refractivity (Wildman–Crippen MR) is 93.7 cm³/mol. The maximum absolute atomic E-state index is 12.3. The van der Waals surface area contributed by atoms with Gasteiger partial charge in [-0.15, -0.1) is 11.3 Å². The van der Waals surface area contributed by atoms with Crippen LogP contribution in [0.2, 0.25) is 5.02 Å². The molecular weight excluding hydrogens is 370 g/mol. The number of hydrogen-bond donors (Lipinski definition) is 1. The summed E-state index contributed by atoms with van der Waals surface area (Å²) >= 11 is 7.44. The van der Waals surface area contributed by atoms with E-state index in [1.807, 2.05) is 17.5 Å². The molecule has 1 unspecified atom stereocenters. The molecule has 1 aromatic carbocycles. The molecule has 0 saturated carbocycles. The highest BCUT2D eigenvalue weighted by molar-refractivity contribution is 7.90. The SMILES string of the molecule is O=S(=O)(Cc1coc(-c2cccs2)n1)CC(O)c1ccccc1Cl. The van der Waals surface area contributed by atoms with Crippen molar-refractivity contribution in [1.29, 1.82) is 0 Å². The van der Waals surface area contributed by atoms with Gasteiger partial charge < -0.3 is 9.52 Å². The summed E-state index contributed by atoms with van der Waals surface area (Å²) in [6, 6.07) is 10.3. The molecule has 2 aromatic heterocycles. The number of rotatable bonds is 6. The normalized spacial score (nSPS) is 13.1. The topological polar surface area (TPSA) is 80.4 Å². The summed E-state index contributed by atoms with van der Waals surface area (Å²) < 4.78 is 29.9. The van der Waals surface area contributed by atoms with Gasteiger partial charge in [-0.25, -0.2) is 13.4 Å². The lowest BCUT2D eigenvalue weighted by Crippen LogP contribution is -2.16. The van der Waals surface area contributed by atoms with E-state index in [1.165, 1.54) is 17.6 Å². The average Bonchev–Trinajstić information content (AvgIpc) is 3.17. The minimum atomic E-state index is -3.58. The van der Waals surface area contributed by atoms with Crippen molar-refractivity contribution < 1.29 is 17.9 Å². The summed E-state index contributed by atoms with van der Waals surface area (Å²) in [5.41, 5.74) is 0.701. The van der Waals surface area contributed by atoms with Gasteiger partial charge in [-0.2, -0.15) is 0 Å². The molecule has 0 aliphatic heterocycles. The van der Waals surface area contributed by atoms with E-state index < -0.39 is 21.7 Å². The van der Waals surface area contributed by atoms with E-state index in [1.54, 1.807) is 24.3 Å². The van der Waals surface area contributed by atoms with Crippen molar-refractivity contribution in [1.82, 2.24) is 4.98 Å². The number of thiophene rings is 1. The number of benzene rings is 1. The van der Waals surface area contributed by atoms with Crippen LogP contribution >= 0.6 is 22.9 Å². The van der Waals surface area contributed by atoms with Gasteiger partial charge in [-0.3, -0.25) is 0 Å². The van der Waals surface area contributed by atoms with Crippen LogP contribution in [0.4, 0.5) is 0 Å². The maximum Gasteiger partial charge on any atom is 0.236 e. The first-order valence-corrected chi connectivity index (χ1v) is 10.1. The molecule has 1 atom stereocenters. The second-order valence-corrected chi connectivity index (χ2v) is 8.68. The summed E-state index contributed by atoms with van der Waals surface area (Å²) in [7, 11) is -3.58. The second-order valence-electron chi connectivity index (χ2n) is 5.21. The third-order valence-electron chi connectivity index (χ3n) is 3.33. The van der Waals surface area contributed by atoms with Crippen molar-refractivity contribution in [2.75, 3.05) is 5.75 Å². The van der Waals surface area contributed by atoms with E-state index in [4.69, 9.17) is 16.0 Å². The zero-order chi connectivity index (χ0) is 17.2. The number of oxazole rings is 1. The average molecular weight is 384 g/mol. The zero-order valence-electron chi connectivity index (χ0n) is 12.4. The van der Waals surface area contributed by atoms with Crippen LogP contribution in [-0.2, 0) is 15.6 Å². The monoisotopic (exact) mass is 383 g/mol. The molecule has 3 rings (SSSR count). The van der Waals surface area contributed by atoms with Crippen LogP contribution in [0.3, 0.4) is 0 Å².